The summed E-state index contributed by atoms with van der Waals surface area (Å²) in [6.45, 7) is 3.49. The van der Waals surface area contributed by atoms with Gasteiger partial charge in [0.1, 0.15) is 23.2 Å². The van der Waals surface area contributed by atoms with Crippen LogP contribution in [-0.4, -0.2) is 29.5 Å². The van der Waals surface area contributed by atoms with Gasteiger partial charge in [-0.05, 0) is 23.9 Å². The molecule has 6 nitrogen and oxygen atoms in total. The van der Waals surface area contributed by atoms with Gasteiger partial charge in [-0.2, -0.15) is 0 Å². The highest BCUT2D eigenvalue weighted by atomic mass is 16.5. The summed E-state index contributed by atoms with van der Waals surface area (Å²) < 4.78 is 7.32. The SMILES string of the molecule is CCCCOCC(O)C[n+]1cccc(N=Nc2c(O)ccc3ccccc23)c1. The highest BCUT2D eigenvalue weighted by Crippen LogP contribution is 2.35. The quantitative estimate of drug-likeness (QED) is 0.327. The lowest BCUT2D eigenvalue weighted by Crippen LogP contribution is -2.40. The van der Waals surface area contributed by atoms with E-state index in [0.717, 1.165) is 23.6 Å². The molecule has 0 aliphatic rings. The second-order valence-corrected chi connectivity index (χ2v) is 6.70. The van der Waals surface area contributed by atoms with E-state index in [1.807, 2.05) is 53.2 Å². The van der Waals surface area contributed by atoms with Gasteiger partial charge in [-0.25, -0.2) is 4.57 Å². The number of aliphatic hydroxyl groups excluding tert-OH is 1. The number of rotatable bonds is 9. The van der Waals surface area contributed by atoms with E-state index < -0.39 is 6.10 Å². The number of aromatic nitrogens is 1. The molecule has 1 unspecified atom stereocenters. The van der Waals surface area contributed by atoms with Crippen molar-refractivity contribution >= 4 is 22.1 Å². The molecular weight excluding hydrogens is 354 g/mol. The third kappa shape index (κ3) is 5.34. The van der Waals surface area contributed by atoms with Crippen LogP contribution in [0.2, 0.25) is 0 Å². The number of fused-ring (bicyclic) bond motifs is 1. The Morgan fingerprint density at radius 2 is 1.93 bits per heavy atom. The number of azo groups is 1. The van der Waals surface area contributed by atoms with Crippen molar-refractivity contribution < 1.29 is 19.5 Å². The molecule has 0 aliphatic carbocycles. The smallest absolute Gasteiger partial charge is 0.196 e. The zero-order valence-corrected chi connectivity index (χ0v) is 16.0. The van der Waals surface area contributed by atoms with Crippen LogP contribution in [0.5, 0.6) is 5.75 Å². The molecule has 3 rings (SSSR count). The number of pyridine rings is 1. The number of phenolic OH excluding ortho intramolecular Hbond substituents is 1. The van der Waals surface area contributed by atoms with Crippen molar-refractivity contribution in [2.24, 2.45) is 10.2 Å². The van der Waals surface area contributed by atoms with Crippen LogP contribution in [-0.2, 0) is 11.3 Å². The monoisotopic (exact) mass is 380 g/mol. The summed E-state index contributed by atoms with van der Waals surface area (Å²) in [5.41, 5.74) is 1.08. The normalized spacial score (nSPS) is 12.6. The molecule has 0 bridgehead atoms. The fourth-order valence-corrected chi connectivity index (χ4v) is 2.90. The van der Waals surface area contributed by atoms with E-state index in [-0.39, 0.29) is 5.75 Å². The Bertz CT molecular complexity index is 943. The van der Waals surface area contributed by atoms with Crippen molar-refractivity contribution in [3.63, 3.8) is 0 Å². The number of benzene rings is 2. The van der Waals surface area contributed by atoms with Gasteiger partial charge in [-0.15, -0.1) is 10.2 Å². The van der Waals surface area contributed by atoms with E-state index in [4.69, 9.17) is 4.74 Å². The number of phenols is 1. The van der Waals surface area contributed by atoms with Crippen LogP contribution >= 0.6 is 0 Å². The van der Waals surface area contributed by atoms with E-state index in [0.29, 0.717) is 31.1 Å². The lowest BCUT2D eigenvalue weighted by Gasteiger charge is -2.08. The van der Waals surface area contributed by atoms with Gasteiger partial charge < -0.3 is 14.9 Å². The standard InChI is InChI=1S/C22H25N3O3/c1-2-3-13-28-16-19(26)15-25-12-6-8-18(14-25)23-24-22-20-9-5-4-7-17(20)10-11-21(22)27/h4-12,14,19,26H,2-3,13,15-16H2,1H3/p+1. The minimum absolute atomic E-state index is 0.0888. The van der Waals surface area contributed by atoms with E-state index in [1.54, 1.807) is 12.3 Å². The predicted molar refractivity (Wildman–Crippen MR) is 108 cm³/mol. The second kappa shape index (κ2) is 9.92. The highest BCUT2D eigenvalue weighted by molar-refractivity contribution is 5.95. The van der Waals surface area contributed by atoms with Gasteiger partial charge in [0.05, 0.1) is 6.61 Å². The first-order chi connectivity index (χ1) is 13.7. The van der Waals surface area contributed by atoms with E-state index in [2.05, 4.69) is 17.2 Å². The topological polar surface area (TPSA) is 78.3 Å². The highest BCUT2D eigenvalue weighted by Gasteiger charge is 2.12. The van der Waals surface area contributed by atoms with Gasteiger partial charge in [0.15, 0.2) is 18.9 Å². The summed E-state index contributed by atoms with van der Waals surface area (Å²) in [6.07, 6.45) is 5.15. The Balaban J connectivity index is 1.70. The number of nitrogens with zero attached hydrogens (tertiary/aromatic N) is 3. The largest absolute Gasteiger partial charge is 0.506 e. The van der Waals surface area contributed by atoms with Gasteiger partial charge in [-0.3, -0.25) is 0 Å². The molecule has 6 heteroatoms. The zero-order chi connectivity index (χ0) is 19.8. The molecule has 2 N–H and O–H groups in total. The Kier molecular flexibility index (Phi) is 7.06. The molecule has 0 fully saturated rings. The number of ether oxygens (including phenoxy) is 1. The lowest BCUT2D eigenvalue weighted by molar-refractivity contribution is -0.703. The Labute approximate surface area is 164 Å². The fourth-order valence-electron chi connectivity index (χ4n) is 2.90. The average Bonchev–Trinajstić information content (AvgIpc) is 2.71. The molecule has 0 saturated carbocycles. The van der Waals surface area contributed by atoms with Crippen LogP contribution in [0.25, 0.3) is 10.8 Å². The lowest BCUT2D eigenvalue weighted by atomic mass is 10.1. The van der Waals surface area contributed by atoms with Gasteiger partial charge in [-0.1, -0.05) is 43.7 Å². The first-order valence-electron chi connectivity index (χ1n) is 9.54. The third-order valence-corrected chi connectivity index (χ3v) is 4.36. The van der Waals surface area contributed by atoms with E-state index in [9.17, 15) is 10.2 Å². The van der Waals surface area contributed by atoms with Gasteiger partial charge in [0.2, 0.25) is 0 Å². The van der Waals surface area contributed by atoms with Crippen LogP contribution in [0.4, 0.5) is 11.4 Å². The maximum absolute atomic E-state index is 10.2. The summed E-state index contributed by atoms with van der Waals surface area (Å²) in [6, 6.07) is 14.9. The number of aliphatic hydroxyl groups is 1. The van der Waals surface area contributed by atoms with Crippen LogP contribution in [0.15, 0.2) is 71.2 Å². The molecule has 0 amide bonds. The average molecular weight is 380 g/mol. The Hall–Kier alpha value is -2.83. The van der Waals surface area contributed by atoms with Crippen LogP contribution < -0.4 is 4.57 Å². The van der Waals surface area contributed by atoms with Crippen LogP contribution in [0, 0.1) is 0 Å². The maximum Gasteiger partial charge on any atom is 0.196 e. The molecule has 1 atom stereocenters. The minimum Gasteiger partial charge on any atom is -0.506 e. The number of hydrogen-bond acceptors (Lipinski definition) is 5. The zero-order valence-electron chi connectivity index (χ0n) is 16.0. The van der Waals surface area contributed by atoms with Crippen LogP contribution in [0.1, 0.15) is 19.8 Å². The Morgan fingerprint density at radius 3 is 2.79 bits per heavy atom. The number of hydrogen-bond donors (Lipinski definition) is 2. The molecule has 1 heterocycles. The predicted octanol–water partition coefficient (Wildman–Crippen LogP) is 4.43. The van der Waals surface area contributed by atoms with Gasteiger partial charge in [0, 0.05) is 18.1 Å². The molecule has 1 aromatic heterocycles. The first-order valence-corrected chi connectivity index (χ1v) is 9.54. The van der Waals surface area contributed by atoms with Crippen molar-refractivity contribution in [2.75, 3.05) is 13.2 Å². The maximum atomic E-state index is 10.2. The van der Waals surface area contributed by atoms with Gasteiger partial charge in [0.25, 0.3) is 0 Å². The van der Waals surface area contributed by atoms with Crippen molar-refractivity contribution in [3.8, 4) is 5.75 Å². The minimum atomic E-state index is -0.587. The van der Waals surface area contributed by atoms with Gasteiger partial charge >= 0.3 is 0 Å². The molecule has 0 spiro atoms. The van der Waals surface area contributed by atoms with Crippen molar-refractivity contribution in [1.82, 2.24) is 0 Å². The molecule has 28 heavy (non-hydrogen) atoms. The molecule has 0 saturated heterocycles. The number of aromatic hydroxyl groups is 1. The summed E-state index contributed by atoms with van der Waals surface area (Å²) in [4.78, 5) is 0. The Morgan fingerprint density at radius 1 is 1.07 bits per heavy atom. The summed E-state index contributed by atoms with van der Waals surface area (Å²) in [7, 11) is 0. The van der Waals surface area contributed by atoms with E-state index >= 15 is 0 Å². The van der Waals surface area contributed by atoms with E-state index in [1.165, 1.54) is 0 Å². The molecule has 0 radical (unpaired) electrons. The summed E-state index contributed by atoms with van der Waals surface area (Å²) in [5, 5.41) is 30.7. The summed E-state index contributed by atoms with van der Waals surface area (Å²) >= 11 is 0. The molecule has 0 aliphatic heterocycles. The van der Waals surface area contributed by atoms with Crippen LogP contribution in [0.3, 0.4) is 0 Å². The molecular formula is C22H26N3O3+. The second-order valence-electron chi connectivity index (χ2n) is 6.70. The third-order valence-electron chi connectivity index (χ3n) is 4.36. The summed E-state index contributed by atoms with van der Waals surface area (Å²) in [5.74, 6) is 0.0888. The first kappa shape index (κ1) is 19.9. The van der Waals surface area contributed by atoms with Crippen molar-refractivity contribution in [1.29, 1.82) is 0 Å². The molecule has 2 aromatic carbocycles. The fraction of sp³-hybridized carbons (Fsp3) is 0.318. The molecule has 146 valence electrons. The van der Waals surface area contributed by atoms with Crippen molar-refractivity contribution in [2.45, 2.75) is 32.4 Å². The number of unbranched alkanes of at least 4 members (excludes halogenated alkanes) is 1. The van der Waals surface area contributed by atoms with Crippen molar-refractivity contribution in [3.05, 3.63) is 60.9 Å². The molecule has 3 aromatic rings.